The van der Waals surface area contributed by atoms with Crippen LogP contribution in [-0.4, -0.2) is 6.61 Å². The van der Waals surface area contributed by atoms with E-state index in [0.29, 0.717) is 12.5 Å². The van der Waals surface area contributed by atoms with E-state index in [1.165, 1.54) is 5.56 Å². The molecule has 0 bridgehead atoms. The van der Waals surface area contributed by atoms with Crippen LogP contribution in [0.15, 0.2) is 30.9 Å². The van der Waals surface area contributed by atoms with E-state index in [-0.39, 0.29) is 0 Å². The molecule has 0 N–H and O–H groups in total. The number of halogens is 1. The second-order valence-corrected chi connectivity index (χ2v) is 4.18. The highest BCUT2D eigenvalue weighted by atomic mass is 35.5. The highest BCUT2D eigenvalue weighted by molar-refractivity contribution is 6.30. The number of hydrogen-bond acceptors (Lipinski definition) is 1. The number of hydrogen-bond donors (Lipinski definition) is 0. The van der Waals surface area contributed by atoms with Crippen LogP contribution in [0.25, 0.3) is 0 Å². The third kappa shape index (κ3) is 3.28. The largest absolute Gasteiger partial charge is 0.494 e. The van der Waals surface area contributed by atoms with E-state index in [1.54, 1.807) is 0 Å². The maximum Gasteiger partial charge on any atom is 0.122 e. The monoisotopic (exact) mass is 238 g/mol. The van der Waals surface area contributed by atoms with Gasteiger partial charge in [-0.3, -0.25) is 0 Å². The van der Waals surface area contributed by atoms with Gasteiger partial charge in [0.25, 0.3) is 0 Å². The number of allylic oxidation sites excluding steroid dienone is 1. The molecule has 0 amide bonds. The maximum atomic E-state index is 6.04. The lowest BCUT2D eigenvalue weighted by atomic mass is 9.92. The summed E-state index contributed by atoms with van der Waals surface area (Å²) in [5.74, 6) is 1.39. The molecule has 0 saturated heterocycles. The fourth-order valence-electron chi connectivity index (χ4n) is 1.84. The van der Waals surface area contributed by atoms with Crippen molar-refractivity contribution < 1.29 is 4.74 Å². The van der Waals surface area contributed by atoms with Crippen LogP contribution in [0, 0.1) is 0 Å². The maximum absolute atomic E-state index is 6.04. The van der Waals surface area contributed by atoms with E-state index in [0.717, 1.165) is 23.6 Å². The van der Waals surface area contributed by atoms with Gasteiger partial charge in [0.15, 0.2) is 0 Å². The van der Waals surface area contributed by atoms with E-state index >= 15 is 0 Å². The molecule has 1 rings (SSSR count). The van der Waals surface area contributed by atoms with Crippen molar-refractivity contribution in [1.82, 2.24) is 0 Å². The lowest BCUT2D eigenvalue weighted by Crippen LogP contribution is -2.02. The molecule has 0 spiro atoms. The minimum atomic E-state index is 0.442. The molecule has 0 heterocycles. The van der Waals surface area contributed by atoms with Crippen LogP contribution in [0.2, 0.25) is 5.02 Å². The second kappa shape index (κ2) is 6.59. The van der Waals surface area contributed by atoms with Gasteiger partial charge in [-0.05, 0) is 49.4 Å². The first-order valence-electron chi connectivity index (χ1n) is 5.76. The van der Waals surface area contributed by atoms with Crippen LogP contribution in [0.3, 0.4) is 0 Å². The van der Waals surface area contributed by atoms with Gasteiger partial charge < -0.3 is 4.74 Å². The van der Waals surface area contributed by atoms with Crippen LogP contribution >= 0.6 is 11.6 Å². The van der Waals surface area contributed by atoms with Gasteiger partial charge in [-0.25, -0.2) is 0 Å². The van der Waals surface area contributed by atoms with Crippen molar-refractivity contribution in [3.05, 3.63) is 41.4 Å². The van der Waals surface area contributed by atoms with Gasteiger partial charge in [-0.1, -0.05) is 24.6 Å². The fraction of sp³-hybridized carbons (Fsp3) is 0.429. The van der Waals surface area contributed by atoms with Gasteiger partial charge in [-0.2, -0.15) is 0 Å². The average Bonchev–Trinajstić information content (AvgIpc) is 2.29. The standard InChI is InChI=1S/C14H19ClO/c1-4-7-11(5-2)13-10-12(15)8-9-14(13)16-6-3/h4,8-11H,1,5-7H2,2-3H3. The lowest BCUT2D eigenvalue weighted by Gasteiger charge is -2.18. The quantitative estimate of drug-likeness (QED) is 0.647. The zero-order chi connectivity index (χ0) is 12.0. The molecular formula is C14H19ClO. The zero-order valence-electron chi connectivity index (χ0n) is 10.0. The minimum absolute atomic E-state index is 0.442. The summed E-state index contributed by atoms with van der Waals surface area (Å²) in [5.41, 5.74) is 1.19. The molecule has 1 unspecified atom stereocenters. The molecule has 16 heavy (non-hydrogen) atoms. The number of ether oxygens (including phenoxy) is 1. The van der Waals surface area contributed by atoms with Crippen LogP contribution in [-0.2, 0) is 0 Å². The smallest absolute Gasteiger partial charge is 0.122 e. The summed E-state index contributed by atoms with van der Waals surface area (Å²) in [6.45, 7) is 8.64. The van der Waals surface area contributed by atoms with Crippen molar-refractivity contribution in [2.45, 2.75) is 32.6 Å². The molecule has 1 aromatic carbocycles. The first-order chi connectivity index (χ1) is 7.72. The van der Waals surface area contributed by atoms with Gasteiger partial charge >= 0.3 is 0 Å². The molecule has 1 nitrogen and oxygen atoms in total. The van der Waals surface area contributed by atoms with Crippen molar-refractivity contribution in [1.29, 1.82) is 0 Å². The Hall–Kier alpha value is -0.950. The summed E-state index contributed by atoms with van der Waals surface area (Å²) in [5, 5.41) is 0.765. The Kier molecular flexibility index (Phi) is 5.41. The normalized spacial score (nSPS) is 12.2. The molecule has 0 aromatic heterocycles. The summed E-state index contributed by atoms with van der Waals surface area (Å²) in [7, 11) is 0. The molecular weight excluding hydrogens is 220 g/mol. The average molecular weight is 239 g/mol. The van der Waals surface area contributed by atoms with Crippen molar-refractivity contribution in [2.24, 2.45) is 0 Å². The molecule has 88 valence electrons. The summed E-state index contributed by atoms with van der Waals surface area (Å²) in [6, 6.07) is 5.83. The first-order valence-corrected chi connectivity index (χ1v) is 6.13. The van der Waals surface area contributed by atoms with Gasteiger partial charge in [-0.15, -0.1) is 6.58 Å². The Bertz CT molecular complexity index is 347. The van der Waals surface area contributed by atoms with E-state index in [9.17, 15) is 0 Å². The molecule has 1 atom stereocenters. The van der Waals surface area contributed by atoms with E-state index in [2.05, 4.69) is 13.5 Å². The Labute approximate surface area is 103 Å². The summed E-state index contributed by atoms with van der Waals surface area (Å²) < 4.78 is 5.63. The molecule has 0 aliphatic carbocycles. The lowest BCUT2D eigenvalue weighted by molar-refractivity contribution is 0.333. The molecule has 1 aromatic rings. The highest BCUT2D eigenvalue weighted by Crippen LogP contribution is 2.33. The first kappa shape index (κ1) is 13.1. The predicted molar refractivity (Wildman–Crippen MR) is 70.5 cm³/mol. The molecule has 0 radical (unpaired) electrons. The minimum Gasteiger partial charge on any atom is -0.494 e. The van der Waals surface area contributed by atoms with Gasteiger partial charge in [0, 0.05) is 5.02 Å². The fourth-order valence-corrected chi connectivity index (χ4v) is 2.02. The number of benzene rings is 1. The number of rotatable bonds is 6. The van der Waals surface area contributed by atoms with Crippen molar-refractivity contribution in [2.75, 3.05) is 6.61 Å². The summed E-state index contributed by atoms with van der Waals surface area (Å²) >= 11 is 6.04. The summed E-state index contributed by atoms with van der Waals surface area (Å²) in [6.07, 6.45) is 3.97. The van der Waals surface area contributed by atoms with Gasteiger partial charge in [0.1, 0.15) is 5.75 Å². The van der Waals surface area contributed by atoms with E-state index in [4.69, 9.17) is 16.3 Å². The van der Waals surface area contributed by atoms with Crippen LogP contribution in [0.4, 0.5) is 0 Å². The highest BCUT2D eigenvalue weighted by Gasteiger charge is 2.13. The second-order valence-electron chi connectivity index (χ2n) is 3.74. The molecule has 0 aliphatic rings. The summed E-state index contributed by atoms with van der Waals surface area (Å²) in [4.78, 5) is 0. The SMILES string of the molecule is C=CCC(CC)c1cc(Cl)ccc1OCC. The van der Waals surface area contributed by atoms with Crippen molar-refractivity contribution >= 4 is 11.6 Å². The van der Waals surface area contributed by atoms with Crippen molar-refractivity contribution in [3.8, 4) is 5.75 Å². The van der Waals surface area contributed by atoms with E-state index in [1.807, 2.05) is 31.2 Å². The molecule has 0 aliphatic heterocycles. The van der Waals surface area contributed by atoms with Crippen LogP contribution in [0.1, 0.15) is 38.2 Å². The Morgan fingerprint density at radius 1 is 1.44 bits per heavy atom. The van der Waals surface area contributed by atoms with Crippen molar-refractivity contribution in [3.63, 3.8) is 0 Å². The van der Waals surface area contributed by atoms with Gasteiger partial charge in [0.2, 0.25) is 0 Å². The zero-order valence-corrected chi connectivity index (χ0v) is 10.8. The van der Waals surface area contributed by atoms with Gasteiger partial charge in [0.05, 0.1) is 6.61 Å². The molecule has 0 fully saturated rings. The predicted octanol–water partition coefficient (Wildman–Crippen LogP) is 4.81. The van der Waals surface area contributed by atoms with Crippen LogP contribution in [0.5, 0.6) is 5.75 Å². The molecule has 0 saturated carbocycles. The Morgan fingerprint density at radius 3 is 2.75 bits per heavy atom. The Morgan fingerprint density at radius 2 is 2.19 bits per heavy atom. The third-order valence-corrected chi connectivity index (χ3v) is 2.89. The van der Waals surface area contributed by atoms with E-state index < -0.39 is 0 Å². The third-order valence-electron chi connectivity index (χ3n) is 2.66. The Balaban J connectivity index is 3.05. The molecule has 2 heteroatoms. The topological polar surface area (TPSA) is 9.23 Å². The van der Waals surface area contributed by atoms with Crippen LogP contribution < -0.4 is 4.74 Å².